The monoisotopic (exact) mass is 403 g/mol. The molecule has 0 spiro atoms. The van der Waals surface area contributed by atoms with Gasteiger partial charge in [-0.05, 0) is 24.6 Å². The summed E-state index contributed by atoms with van der Waals surface area (Å²) in [7, 11) is 5.65. The fourth-order valence-electron chi connectivity index (χ4n) is 3.47. The fourth-order valence-corrected chi connectivity index (χ4v) is 3.47. The maximum Gasteiger partial charge on any atom is 0.336 e. The van der Waals surface area contributed by atoms with Crippen LogP contribution in [0.15, 0.2) is 33.0 Å². The summed E-state index contributed by atoms with van der Waals surface area (Å²) in [6, 6.07) is 3.28. The molecule has 3 rings (SSSR count). The van der Waals surface area contributed by atoms with E-state index >= 15 is 0 Å². The zero-order valence-electron chi connectivity index (χ0n) is 16.6. The number of methoxy groups -OCH3 is 4. The van der Waals surface area contributed by atoms with Crippen LogP contribution in [0.4, 0.5) is 5.82 Å². The van der Waals surface area contributed by atoms with E-state index in [-0.39, 0.29) is 17.0 Å². The largest absolute Gasteiger partial charge is 0.493 e. The Morgan fingerprint density at radius 3 is 2.10 bits per heavy atom. The van der Waals surface area contributed by atoms with Crippen molar-refractivity contribution in [2.75, 3.05) is 33.8 Å². The van der Waals surface area contributed by atoms with Crippen LogP contribution in [-0.2, 0) is 9.53 Å². The minimum absolute atomic E-state index is 0.157. The molecule has 0 amide bonds. The van der Waals surface area contributed by atoms with E-state index in [9.17, 15) is 14.4 Å². The number of hydrogen-bond acceptors (Lipinski definition) is 8. The van der Waals surface area contributed by atoms with Gasteiger partial charge in [0, 0.05) is 5.70 Å². The van der Waals surface area contributed by atoms with Crippen LogP contribution in [0.3, 0.4) is 0 Å². The molecule has 1 atom stereocenters. The number of anilines is 1. The fraction of sp³-hybridized carbons (Fsp3) is 0.316. The molecule has 10 nitrogen and oxygen atoms in total. The number of aromatic amines is 2. The summed E-state index contributed by atoms with van der Waals surface area (Å²) in [6.07, 6.45) is 0. The highest BCUT2D eigenvalue weighted by Gasteiger charge is 2.36. The number of carbonyl (C=O) groups is 1. The summed E-state index contributed by atoms with van der Waals surface area (Å²) >= 11 is 0. The van der Waals surface area contributed by atoms with E-state index < -0.39 is 23.1 Å². The Hall–Kier alpha value is -3.69. The number of fused-ring (bicyclic) bond motifs is 1. The molecular formula is C19H21N3O7. The molecule has 2 heterocycles. The molecule has 0 aliphatic carbocycles. The zero-order chi connectivity index (χ0) is 21.3. The lowest BCUT2D eigenvalue weighted by molar-refractivity contribution is -0.136. The first kappa shape index (κ1) is 20.1. The second-order valence-corrected chi connectivity index (χ2v) is 6.24. The smallest absolute Gasteiger partial charge is 0.336 e. The molecule has 1 unspecified atom stereocenters. The van der Waals surface area contributed by atoms with Gasteiger partial charge in [-0.15, -0.1) is 0 Å². The third-order valence-electron chi connectivity index (χ3n) is 4.70. The van der Waals surface area contributed by atoms with E-state index in [0.717, 1.165) is 0 Å². The Balaban J connectivity index is 2.38. The Morgan fingerprint density at radius 2 is 1.59 bits per heavy atom. The average molecular weight is 403 g/mol. The van der Waals surface area contributed by atoms with Gasteiger partial charge in [-0.1, -0.05) is 0 Å². The topological polar surface area (TPSA) is 132 Å². The summed E-state index contributed by atoms with van der Waals surface area (Å²) in [6.45, 7) is 1.65. The average Bonchev–Trinajstić information content (AvgIpc) is 2.70. The van der Waals surface area contributed by atoms with Gasteiger partial charge in [-0.25, -0.2) is 9.59 Å². The van der Waals surface area contributed by atoms with Gasteiger partial charge in [0.1, 0.15) is 5.82 Å². The Labute approximate surface area is 165 Å². The number of allylic oxidation sites excluding steroid dienone is 1. The lowest BCUT2D eigenvalue weighted by Gasteiger charge is -2.29. The van der Waals surface area contributed by atoms with Gasteiger partial charge in [0.25, 0.3) is 5.56 Å². The quantitative estimate of drug-likeness (QED) is 0.632. The third kappa shape index (κ3) is 3.33. The molecule has 1 aromatic heterocycles. The van der Waals surface area contributed by atoms with Gasteiger partial charge < -0.3 is 24.3 Å². The minimum Gasteiger partial charge on any atom is -0.493 e. The Kier molecular flexibility index (Phi) is 5.35. The van der Waals surface area contributed by atoms with Crippen molar-refractivity contribution in [1.82, 2.24) is 9.97 Å². The van der Waals surface area contributed by atoms with Crippen molar-refractivity contribution in [2.24, 2.45) is 0 Å². The molecule has 1 aromatic carbocycles. The van der Waals surface area contributed by atoms with Crippen LogP contribution in [0.1, 0.15) is 24.0 Å². The van der Waals surface area contributed by atoms with Crippen LogP contribution in [-0.4, -0.2) is 44.4 Å². The van der Waals surface area contributed by atoms with Crippen molar-refractivity contribution >= 4 is 11.8 Å². The summed E-state index contributed by atoms with van der Waals surface area (Å²) in [5.74, 6) is -0.210. The van der Waals surface area contributed by atoms with E-state index in [1.165, 1.54) is 28.4 Å². The predicted octanol–water partition coefficient (Wildman–Crippen LogP) is 1.09. The van der Waals surface area contributed by atoms with Gasteiger partial charge >= 0.3 is 11.7 Å². The molecule has 1 aliphatic rings. The molecule has 0 saturated heterocycles. The van der Waals surface area contributed by atoms with E-state index in [1.54, 1.807) is 19.1 Å². The highest BCUT2D eigenvalue weighted by atomic mass is 16.5. The van der Waals surface area contributed by atoms with Crippen LogP contribution in [0, 0.1) is 0 Å². The number of nitrogens with one attached hydrogen (secondary N) is 3. The van der Waals surface area contributed by atoms with Gasteiger partial charge in [0.05, 0.1) is 45.5 Å². The first-order chi connectivity index (χ1) is 13.9. The van der Waals surface area contributed by atoms with Crippen molar-refractivity contribution < 1.29 is 23.7 Å². The van der Waals surface area contributed by atoms with E-state index in [2.05, 4.69) is 15.3 Å². The first-order valence-electron chi connectivity index (χ1n) is 8.58. The van der Waals surface area contributed by atoms with E-state index in [1.807, 2.05) is 0 Å². The van der Waals surface area contributed by atoms with Gasteiger partial charge in [-0.3, -0.25) is 14.8 Å². The molecule has 0 saturated carbocycles. The van der Waals surface area contributed by atoms with Crippen molar-refractivity contribution in [2.45, 2.75) is 12.8 Å². The summed E-state index contributed by atoms with van der Waals surface area (Å²) in [4.78, 5) is 41.8. The molecule has 0 fully saturated rings. The van der Waals surface area contributed by atoms with Crippen molar-refractivity contribution in [3.63, 3.8) is 0 Å². The van der Waals surface area contributed by atoms with Crippen LogP contribution in [0.2, 0.25) is 0 Å². The number of hydrogen-bond donors (Lipinski definition) is 3. The van der Waals surface area contributed by atoms with Gasteiger partial charge in [0.2, 0.25) is 5.75 Å². The molecule has 0 bridgehead atoms. The highest BCUT2D eigenvalue weighted by molar-refractivity contribution is 5.94. The molecule has 3 N–H and O–H groups in total. The van der Waals surface area contributed by atoms with Crippen molar-refractivity contribution in [3.8, 4) is 17.2 Å². The number of rotatable bonds is 5. The molecule has 2 aromatic rings. The summed E-state index contributed by atoms with van der Waals surface area (Å²) < 4.78 is 21.1. The lowest BCUT2D eigenvalue weighted by Crippen LogP contribution is -2.34. The number of ether oxygens (including phenoxy) is 4. The van der Waals surface area contributed by atoms with Crippen molar-refractivity contribution in [3.05, 3.63) is 55.4 Å². The number of carbonyl (C=O) groups excluding carboxylic acids is 1. The zero-order valence-corrected chi connectivity index (χ0v) is 16.6. The van der Waals surface area contributed by atoms with E-state index in [0.29, 0.717) is 28.5 Å². The number of benzene rings is 1. The molecule has 29 heavy (non-hydrogen) atoms. The summed E-state index contributed by atoms with van der Waals surface area (Å²) in [5, 5.41) is 2.90. The standard InChI is InChI=1S/C19H21N3O7/c1-8-12(18(24)29-5)13(14-16(20-8)21-19(25)22-17(14)23)9-6-10(26-2)15(28-4)11(7-9)27-3/h6-7,13H,1-5H3,(H3,20,21,22,23,25). The molecule has 1 aliphatic heterocycles. The third-order valence-corrected chi connectivity index (χ3v) is 4.70. The molecular weight excluding hydrogens is 382 g/mol. The SMILES string of the molecule is COC(=O)C1=C(C)Nc2[nH]c(=O)[nH]c(=O)c2C1c1cc(OC)c(OC)c(OC)c1. The molecule has 154 valence electrons. The Bertz CT molecular complexity index is 1090. The Morgan fingerprint density at radius 1 is 0.966 bits per heavy atom. The number of esters is 1. The maximum atomic E-state index is 12.7. The first-order valence-corrected chi connectivity index (χ1v) is 8.58. The lowest BCUT2D eigenvalue weighted by atomic mass is 9.82. The minimum atomic E-state index is -0.854. The van der Waals surface area contributed by atoms with Gasteiger partial charge in [0.15, 0.2) is 11.5 Å². The van der Waals surface area contributed by atoms with Crippen LogP contribution in [0.25, 0.3) is 0 Å². The van der Waals surface area contributed by atoms with Crippen LogP contribution < -0.4 is 30.8 Å². The maximum absolute atomic E-state index is 12.7. The molecule has 10 heteroatoms. The predicted molar refractivity (Wildman–Crippen MR) is 104 cm³/mol. The normalized spacial score (nSPS) is 15.3. The van der Waals surface area contributed by atoms with Crippen LogP contribution >= 0.6 is 0 Å². The van der Waals surface area contributed by atoms with E-state index in [4.69, 9.17) is 18.9 Å². The second kappa shape index (κ2) is 7.74. The van der Waals surface area contributed by atoms with Crippen molar-refractivity contribution in [1.29, 1.82) is 0 Å². The van der Waals surface area contributed by atoms with Crippen LogP contribution in [0.5, 0.6) is 17.2 Å². The second-order valence-electron chi connectivity index (χ2n) is 6.24. The highest BCUT2D eigenvalue weighted by Crippen LogP contribution is 2.45. The number of aromatic nitrogens is 2. The number of H-pyrrole nitrogens is 2. The van der Waals surface area contributed by atoms with Gasteiger partial charge in [-0.2, -0.15) is 0 Å². The molecule has 0 radical (unpaired) electrons. The summed E-state index contributed by atoms with van der Waals surface area (Å²) in [5.41, 5.74) is 0.0173.